The average Bonchev–Trinajstić information content (AvgIpc) is 2.54. The van der Waals surface area contributed by atoms with Crippen LogP contribution in [0, 0.1) is 0 Å². The van der Waals surface area contributed by atoms with Crippen LogP contribution < -0.4 is 4.90 Å². The van der Waals surface area contributed by atoms with Crippen molar-refractivity contribution in [1.82, 2.24) is 0 Å². The standard InChI is InChI=1S/C19H21BrClNO4S/c1-19(2,3)26-18(23)22(11-5-10-21)16-9-6-13-12-14(27(4,24)25)7-8-15(13)17(16)20/h5-10,12H,11H2,1-4H3/b10-5+. The molecule has 2 aromatic rings. The van der Waals surface area contributed by atoms with E-state index in [9.17, 15) is 13.2 Å². The Morgan fingerprint density at radius 3 is 2.48 bits per heavy atom. The minimum absolute atomic E-state index is 0.226. The summed E-state index contributed by atoms with van der Waals surface area (Å²) in [6.45, 7) is 5.61. The lowest BCUT2D eigenvalue weighted by molar-refractivity contribution is 0.0584. The third-order valence-electron chi connectivity index (χ3n) is 3.62. The van der Waals surface area contributed by atoms with Crippen LogP contribution in [0.3, 0.4) is 0 Å². The van der Waals surface area contributed by atoms with Crippen LogP contribution >= 0.6 is 27.5 Å². The van der Waals surface area contributed by atoms with Gasteiger partial charge in [0, 0.05) is 22.8 Å². The largest absolute Gasteiger partial charge is 0.443 e. The van der Waals surface area contributed by atoms with Gasteiger partial charge in [0.25, 0.3) is 0 Å². The summed E-state index contributed by atoms with van der Waals surface area (Å²) >= 11 is 9.18. The lowest BCUT2D eigenvalue weighted by atomic mass is 10.1. The molecule has 0 saturated carbocycles. The minimum atomic E-state index is -3.30. The Morgan fingerprint density at radius 1 is 1.26 bits per heavy atom. The maximum atomic E-state index is 12.7. The summed E-state index contributed by atoms with van der Waals surface area (Å²) in [5.41, 5.74) is 1.29. The number of hydrogen-bond acceptors (Lipinski definition) is 4. The summed E-state index contributed by atoms with van der Waals surface area (Å²) < 4.78 is 29.7. The van der Waals surface area contributed by atoms with Gasteiger partial charge >= 0.3 is 6.09 Å². The number of hydrogen-bond donors (Lipinski definition) is 0. The Morgan fingerprint density at radius 2 is 1.93 bits per heavy atom. The van der Waals surface area contributed by atoms with Gasteiger partial charge in [0.2, 0.25) is 0 Å². The predicted octanol–water partition coefficient (Wildman–Crippen LogP) is 5.50. The maximum Gasteiger partial charge on any atom is 0.415 e. The number of benzene rings is 2. The monoisotopic (exact) mass is 473 g/mol. The highest BCUT2D eigenvalue weighted by Gasteiger charge is 2.25. The Bertz CT molecular complexity index is 997. The summed E-state index contributed by atoms with van der Waals surface area (Å²) in [4.78, 5) is 14.4. The first-order chi connectivity index (χ1) is 12.4. The Kier molecular flexibility index (Phi) is 6.60. The van der Waals surface area contributed by atoms with Crippen LogP contribution in [-0.2, 0) is 14.6 Å². The fourth-order valence-corrected chi connectivity index (χ4v) is 3.87. The van der Waals surface area contributed by atoms with Crippen molar-refractivity contribution in [2.24, 2.45) is 0 Å². The molecule has 8 heteroatoms. The van der Waals surface area contributed by atoms with Gasteiger partial charge in [-0.15, -0.1) is 0 Å². The first-order valence-corrected chi connectivity index (χ1v) is 11.2. The van der Waals surface area contributed by atoms with E-state index in [1.54, 1.807) is 57.2 Å². The van der Waals surface area contributed by atoms with Gasteiger partial charge in [-0.3, -0.25) is 4.90 Å². The van der Waals surface area contributed by atoms with E-state index in [-0.39, 0.29) is 11.4 Å². The quantitative estimate of drug-likeness (QED) is 0.587. The molecule has 0 aliphatic carbocycles. The normalized spacial score (nSPS) is 12.5. The van der Waals surface area contributed by atoms with Crippen LogP contribution in [-0.4, -0.2) is 32.9 Å². The molecule has 0 spiro atoms. The van der Waals surface area contributed by atoms with Gasteiger partial charge in [-0.2, -0.15) is 0 Å². The highest BCUT2D eigenvalue weighted by molar-refractivity contribution is 9.10. The van der Waals surface area contributed by atoms with Crippen molar-refractivity contribution in [1.29, 1.82) is 0 Å². The minimum Gasteiger partial charge on any atom is -0.443 e. The molecule has 1 amide bonds. The molecular formula is C19H21BrClNO4S. The molecule has 0 saturated heterocycles. The van der Waals surface area contributed by atoms with Crippen molar-refractivity contribution >= 4 is 59.9 Å². The van der Waals surface area contributed by atoms with Gasteiger partial charge in [0.1, 0.15) is 5.60 Å². The molecule has 0 fully saturated rings. The van der Waals surface area contributed by atoms with E-state index < -0.39 is 21.5 Å². The first-order valence-electron chi connectivity index (χ1n) is 8.12. The third kappa shape index (κ3) is 5.46. The van der Waals surface area contributed by atoms with E-state index in [0.29, 0.717) is 10.2 Å². The second kappa shape index (κ2) is 8.20. The van der Waals surface area contributed by atoms with Crippen LogP contribution in [0.25, 0.3) is 10.8 Å². The second-order valence-electron chi connectivity index (χ2n) is 7.01. The Hall–Kier alpha value is -1.57. The van der Waals surface area contributed by atoms with Crippen LogP contribution in [0.15, 0.2) is 51.3 Å². The number of sulfone groups is 1. The molecule has 0 unspecified atom stereocenters. The van der Waals surface area contributed by atoms with Gasteiger partial charge in [-0.25, -0.2) is 13.2 Å². The number of carbonyl (C=O) groups is 1. The number of halogens is 2. The molecule has 0 heterocycles. The fourth-order valence-electron chi connectivity index (χ4n) is 2.43. The zero-order valence-corrected chi connectivity index (χ0v) is 18.7. The molecule has 0 aromatic heterocycles. The van der Waals surface area contributed by atoms with Crippen molar-refractivity contribution in [2.45, 2.75) is 31.3 Å². The predicted molar refractivity (Wildman–Crippen MR) is 113 cm³/mol. The Labute approximate surface area is 173 Å². The molecule has 2 rings (SSSR count). The van der Waals surface area contributed by atoms with Gasteiger partial charge in [0.05, 0.1) is 10.6 Å². The average molecular weight is 475 g/mol. The number of carbonyl (C=O) groups excluding carboxylic acids is 1. The molecule has 27 heavy (non-hydrogen) atoms. The number of ether oxygens (including phenoxy) is 1. The van der Waals surface area contributed by atoms with E-state index in [2.05, 4.69) is 15.9 Å². The highest BCUT2D eigenvalue weighted by atomic mass is 79.9. The zero-order valence-electron chi connectivity index (χ0n) is 15.5. The third-order valence-corrected chi connectivity index (χ3v) is 5.74. The van der Waals surface area contributed by atoms with Gasteiger partial charge < -0.3 is 4.74 Å². The number of fused-ring (bicyclic) bond motifs is 1. The second-order valence-corrected chi connectivity index (χ2v) is 10.1. The summed E-state index contributed by atoms with van der Waals surface area (Å²) in [5.74, 6) is 0. The number of amides is 1. The molecule has 5 nitrogen and oxygen atoms in total. The van der Waals surface area contributed by atoms with Crippen molar-refractivity contribution in [3.63, 3.8) is 0 Å². The zero-order chi connectivity index (χ0) is 20.4. The van der Waals surface area contributed by atoms with Crippen molar-refractivity contribution in [2.75, 3.05) is 17.7 Å². The van der Waals surface area contributed by atoms with Gasteiger partial charge in [-0.1, -0.05) is 29.8 Å². The number of anilines is 1. The van der Waals surface area contributed by atoms with Gasteiger partial charge in [0.15, 0.2) is 9.84 Å². The maximum absolute atomic E-state index is 12.7. The topological polar surface area (TPSA) is 63.7 Å². The molecule has 0 N–H and O–H groups in total. The molecule has 146 valence electrons. The molecule has 0 aliphatic heterocycles. The smallest absolute Gasteiger partial charge is 0.415 e. The molecule has 0 atom stereocenters. The van der Waals surface area contributed by atoms with Crippen LogP contribution in [0.2, 0.25) is 0 Å². The van der Waals surface area contributed by atoms with E-state index in [1.165, 1.54) is 16.7 Å². The summed E-state index contributed by atoms with van der Waals surface area (Å²) in [6, 6.07) is 8.37. The summed E-state index contributed by atoms with van der Waals surface area (Å²) in [5, 5.41) is 1.52. The Balaban J connectivity index is 2.55. The van der Waals surface area contributed by atoms with Crippen LogP contribution in [0.4, 0.5) is 10.5 Å². The van der Waals surface area contributed by atoms with E-state index >= 15 is 0 Å². The molecule has 0 radical (unpaired) electrons. The number of rotatable bonds is 4. The van der Waals surface area contributed by atoms with E-state index in [1.807, 2.05) is 0 Å². The lowest BCUT2D eigenvalue weighted by Crippen LogP contribution is -2.37. The summed E-state index contributed by atoms with van der Waals surface area (Å²) in [6.07, 6.45) is 2.29. The van der Waals surface area contributed by atoms with Crippen LogP contribution in [0.5, 0.6) is 0 Å². The lowest BCUT2D eigenvalue weighted by Gasteiger charge is -2.27. The SMILES string of the molecule is CC(C)(C)OC(=O)N(C/C=C/Cl)c1ccc2cc(S(C)(=O)=O)ccc2c1Br. The molecule has 0 bridgehead atoms. The number of nitrogens with zero attached hydrogens (tertiary/aromatic N) is 1. The van der Waals surface area contributed by atoms with E-state index in [0.717, 1.165) is 10.8 Å². The van der Waals surface area contributed by atoms with E-state index in [4.69, 9.17) is 16.3 Å². The van der Waals surface area contributed by atoms with Gasteiger partial charge in [-0.05, 0) is 65.7 Å². The highest BCUT2D eigenvalue weighted by Crippen LogP contribution is 2.35. The first kappa shape index (κ1) is 21.7. The fraction of sp³-hybridized carbons (Fsp3) is 0.316. The molecule has 0 aliphatic rings. The summed E-state index contributed by atoms with van der Waals surface area (Å²) in [7, 11) is -3.30. The molecular weight excluding hydrogens is 454 g/mol. The van der Waals surface area contributed by atoms with Crippen molar-refractivity contribution in [3.05, 3.63) is 46.4 Å². The molecule has 2 aromatic carbocycles. The van der Waals surface area contributed by atoms with Crippen molar-refractivity contribution in [3.8, 4) is 0 Å². The van der Waals surface area contributed by atoms with Crippen molar-refractivity contribution < 1.29 is 17.9 Å². The van der Waals surface area contributed by atoms with Crippen LogP contribution in [0.1, 0.15) is 20.8 Å².